The summed E-state index contributed by atoms with van der Waals surface area (Å²) in [5, 5.41) is 13.7. The molecule has 0 saturated carbocycles. The van der Waals surface area contributed by atoms with Gasteiger partial charge in [-0.2, -0.15) is 0 Å². The molecule has 2 rings (SSSR count). The SMILES string of the molecule is Cc1ccc(C(C)Nc2cnc(Cl)c(Br)c2)c(O)c1. The van der Waals surface area contributed by atoms with E-state index in [0.717, 1.165) is 21.3 Å². The second-order valence-corrected chi connectivity index (χ2v) is 5.64. The molecule has 0 radical (unpaired) electrons. The lowest BCUT2D eigenvalue weighted by Gasteiger charge is -2.17. The van der Waals surface area contributed by atoms with Gasteiger partial charge < -0.3 is 10.4 Å². The first kappa shape index (κ1) is 14.2. The number of pyridine rings is 1. The summed E-state index contributed by atoms with van der Waals surface area (Å²) >= 11 is 9.18. The quantitative estimate of drug-likeness (QED) is 0.796. The first-order chi connectivity index (χ1) is 8.97. The third kappa shape index (κ3) is 3.39. The summed E-state index contributed by atoms with van der Waals surface area (Å²) in [6.07, 6.45) is 1.66. The summed E-state index contributed by atoms with van der Waals surface area (Å²) in [7, 11) is 0. The number of phenolic OH excluding ortho intramolecular Hbond substituents is 1. The highest BCUT2D eigenvalue weighted by Crippen LogP contribution is 2.29. The Morgan fingerprint density at radius 1 is 1.37 bits per heavy atom. The van der Waals surface area contributed by atoms with E-state index in [9.17, 15) is 5.11 Å². The van der Waals surface area contributed by atoms with E-state index in [2.05, 4.69) is 26.2 Å². The molecule has 1 unspecified atom stereocenters. The van der Waals surface area contributed by atoms with E-state index in [1.807, 2.05) is 32.0 Å². The van der Waals surface area contributed by atoms with Gasteiger partial charge in [0.1, 0.15) is 10.9 Å². The van der Waals surface area contributed by atoms with Crippen LogP contribution in [-0.2, 0) is 0 Å². The Morgan fingerprint density at radius 2 is 2.11 bits per heavy atom. The molecule has 19 heavy (non-hydrogen) atoms. The Bertz CT molecular complexity index is 604. The number of anilines is 1. The third-order valence-electron chi connectivity index (χ3n) is 2.83. The van der Waals surface area contributed by atoms with Crippen LogP contribution in [0.15, 0.2) is 34.9 Å². The topological polar surface area (TPSA) is 45.2 Å². The fourth-order valence-corrected chi connectivity index (χ4v) is 2.30. The van der Waals surface area contributed by atoms with Crippen LogP contribution in [0.5, 0.6) is 5.75 Å². The zero-order valence-corrected chi connectivity index (χ0v) is 13.0. The van der Waals surface area contributed by atoms with Crippen molar-refractivity contribution in [3.63, 3.8) is 0 Å². The number of halogens is 2. The number of hydrogen-bond donors (Lipinski definition) is 2. The van der Waals surface area contributed by atoms with Crippen LogP contribution in [0.1, 0.15) is 24.1 Å². The van der Waals surface area contributed by atoms with Crippen molar-refractivity contribution in [1.29, 1.82) is 0 Å². The van der Waals surface area contributed by atoms with Crippen LogP contribution in [0, 0.1) is 6.92 Å². The van der Waals surface area contributed by atoms with Crippen molar-refractivity contribution >= 4 is 33.2 Å². The average Bonchev–Trinajstić information content (AvgIpc) is 2.33. The van der Waals surface area contributed by atoms with Crippen LogP contribution in [0.3, 0.4) is 0 Å². The third-order valence-corrected chi connectivity index (χ3v) is 3.97. The molecule has 1 heterocycles. The van der Waals surface area contributed by atoms with Crippen LogP contribution in [0.25, 0.3) is 0 Å². The summed E-state index contributed by atoms with van der Waals surface area (Å²) in [6, 6.07) is 7.47. The Morgan fingerprint density at radius 3 is 2.74 bits per heavy atom. The van der Waals surface area contributed by atoms with Gasteiger partial charge in [0.05, 0.1) is 22.4 Å². The maximum atomic E-state index is 9.95. The van der Waals surface area contributed by atoms with Gasteiger partial charge in [0.25, 0.3) is 0 Å². The largest absolute Gasteiger partial charge is 0.508 e. The molecule has 5 heteroatoms. The molecule has 0 saturated heterocycles. The number of phenols is 1. The number of benzene rings is 1. The number of hydrogen-bond acceptors (Lipinski definition) is 3. The van der Waals surface area contributed by atoms with Crippen molar-refractivity contribution in [3.8, 4) is 5.75 Å². The lowest BCUT2D eigenvalue weighted by molar-refractivity contribution is 0.465. The van der Waals surface area contributed by atoms with Crippen LogP contribution >= 0.6 is 27.5 Å². The van der Waals surface area contributed by atoms with Gasteiger partial charge in [-0.15, -0.1) is 0 Å². The molecule has 100 valence electrons. The lowest BCUT2D eigenvalue weighted by atomic mass is 10.0. The monoisotopic (exact) mass is 340 g/mol. The fourth-order valence-electron chi connectivity index (χ4n) is 1.85. The highest BCUT2D eigenvalue weighted by atomic mass is 79.9. The molecule has 0 amide bonds. The predicted molar refractivity (Wildman–Crippen MR) is 81.8 cm³/mol. The summed E-state index contributed by atoms with van der Waals surface area (Å²) < 4.78 is 0.736. The molecule has 1 aromatic carbocycles. The zero-order valence-electron chi connectivity index (χ0n) is 10.6. The Kier molecular flexibility index (Phi) is 4.32. The molecule has 2 N–H and O–H groups in total. The van der Waals surface area contributed by atoms with Gasteiger partial charge in [-0.3, -0.25) is 0 Å². The summed E-state index contributed by atoms with van der Waals surface area (Å²) in [5.74, 6) is 0.293. The minimum atomic E-state index is -0.0320. The summed E-state index contributed by atoms with van der Waals surface area (Å²) in [4.78, 5) is 4.06. The van der Waals surface area contributed by atoms with E-state index < -0.39 is 0 Å². The van der Waals surface area contributed by atoms with Crippen molar-refractivity contribution in [3.05, 3.63) is 51.2 Å². The van der Waals surface area contributed by atoms with Crippen molar-refractivity contribution < 1.29 is 5.11 Å². The molecule has 0 aliphatic carbocycles. The van der Waals surface area contributed by atoms with Gasteiger partial charge in [-0.1, -0.05) is 23.7 Å². The standard InChI is InChI=1S/C14H14BrClN2O/c1-8-3-4-11(13(19)5-8)9(2)18-10-6-12(15)14(16)17-7-10/h3-7,9,18-19H,1-2H3. The number of rotatable bonds is 3. The number of nitrogens with zero attached hydrogens (tertiary/aromatic N) is 1. The second-order valence-electron chi connectivity index (χ2n) is 4.42. The number of aromatic nitrogens is 1. The minimum Gasteiger partial charge on any atom is -0.508 e. The first-order valence-corrected chi connectivity index (χ1v) is 7.01. The van der Waals surface area contributed by atoms with E-state index in [1.165, 1.54) is 0 Å². The molecule has 0 aliphatic heterocycles. The summed E-state index contributed by atoms with van der Waals surface area (Å²) in [6.45, 7) is 3.93. The minimum absolute atomic E-state index is 0.0320. The fraction of sp³-hybridized carbons (Fsp3) is 0.214. The molecule has 3 nitrogen and oxygen atoms in total. The smallest absolute Gasteiger partial charge is 0.143 e. The molecular weight excluding hydrogens is 328 g/mol. The first-order valence-electron chi connectivity index (χ1n) is 5.84. The second kappa shape index (κ2) is 5.80. The zero-order chi connectivity index (χ0) is 14.0. The van der Waals surface area contributed by atoms with Gasteiger partial charge in [-0.25, -0.2) is 4.98 Å². The number of aryl methyl sites for hydroxylation is 1. The molecule has 0 bridgehead atoms. The van der Waals surface area contributed by atoms with E-state index in [1.54, 1.807) is 12.3 Å². The lowest BCUT2D eigenvalue weighted by Crippen LogP contribution is -2.07. The summed E-state index contributed by atoms with van der Waals surface area (Å²) in [5.41, 5.74) is 2.71. The Balaban J connectivity index is 2.20. The van der Waals surface area contributed by atoms with Crippen molar-refractivity contribution in [2.24, 2.45) is 0 Å². The molecule has 1 atom stereocenters. The van der Waals surface area contributed by atoms with Gasteiger partial charge in [0, 0.05) is 5.56 Å². The Hall–Kier alpha value is -1.26. The van der Waals surface area contributed by atoms with Crippen molar-refractivity contribution in [2.45, 2.75) is 19.9 Å². The molecule has 2 aromatic rings. The van der Waals surface area contributed by atoms with Gasteiger partial charge in [0.15, 0.2) is 0 Å². The van der Waals surface area contributed by atoms with E-state index in [-0.39, 0.29) is 6.04 Å². The highest BCUT2D eigenvalue weighted by Gasteiger charge is 2.11. The van der Waals surface area contributed by atoms with Crippen molar-refractivity contribution in [1.82, 2.24) is 4.98 Å². The maximum absolute atomic E-state index is 9.95. The van der Waals surface area contributed by atoms with E-state index in [0.29, 0.717) is 10.9 Å². The normalized spacial score (nSPS) is 12.2. The molecular formula is C14H14BrClN2O. The van der Waals surface area contributed by atoms with E-state index >= 15 is 0 Å². The van der Waals surface area contributed by atoms with Crippen LogP contribution < -0.4 is 5.32 Å². The predicted octanol–water partition coefficient (Wildman–Crippen LogP) is 4.68. The molecule has 1 aromatic heterocycles. The average molecular weight is 342 g/mol. The van der Waals surface area contributed by atoms with Gasteiger partial charge in [0.2, 0.25) is 0 Å². The highest BCUT2D eigenvalue weighted by molar-refractivity contribution is 9.10. The van der Waals surface area contributed by atoms with Gasteiger partial charge in [-0.05, 0) is 47.5 Å². The number of nitrogens with one attached hydrogen (secondary N) is 1. The van der Waals surface area contributed by atoms with Crippen LogP contribution in [0.2, 0.25) is 5.15 Å². The maximum Gasteiger partial charge on any atom is 0.143 e. The molecule has 0 aliphatic rings. The Labute approximate surface area is 125 Å². The number of aromatic hydroxyl groups is 1. The van der Waals surface area contributed by atoms with E-state index in [4.69, 9.17) is 11.6 Å². The van der Waals surface area contributed by atoms with Crippen molar-refractivity contribution in [2.75, 3.05) is 5.32 Å². The van der Waals surface area contributed by atoms with Crippen LogP contribution in [0.4, 0.5) is 5.69 Å². The molecule has 0 fully saturated rings. The molecule has 0 spiro atoms. The van der Waals surface area contributed by atoms with Gasteiger partial charge >= 0.3 is 0 Å². The van der Waals surface area contributed by atoms with Crippen LogP contribution in [-0.4, -0.2) is 10.1 Å².